The van der Waals surface area contributed by atoms with Gasteiger partial charge in [0.05, 0.1) is 0 Å². The van der Waals surface area contributed by atoms with Gasteiger partial charge in [-0.2, -0.15) is 0 Å². The Hall–Kier alpha value is -1.54. The standard InChI is InChI=1S/C14H16NO/c1-11-8-9-15-13(11)10-14(16-2)12-6-4-3-5-7-12/h3-9,15H,10H2,1-2H3. The minimum Gasteiger partial charge on any atom is -0.370 e. The van der Waals surface area contributed by atoms with E-state index in [1.807, 2.05) is 24.4 Å². The summed E-state index contributed by atoms with van der Waals surface area (Å²) in [6, 6.07) is 12.3. The van der Waals surface area contributed by atoms with Gasteiger partial charge in [0, 0.05) is 25.4 Å². The molecule has 1 heterocycles. The topological polar surface area (TPSA) is 25.0 Å². The fraction of sp³-hybridized carbons (Fsp3) is 0.214. The summed E-state index contributed by atoms with van der Waals surface area (Å²) in [7, 11) is 1.72. The van der Waals surface area contributed by atoms with Gasteiger partial charge in [0.25, 0.3) is 0 Å². The molecular formula is C14H16NO. The first kappa shape index (κ1) is 11.0. The third-order valence-corrected chi connectivity index (χ3v) is 2.75. The van der Waals surface area contributed by atoms with Gasteiger partial charge in [0.1, 0.15) is 6.10 Å². The van der Waals surface area contributed by atoms with Crippen LogP contribution >= 0.6 is 0 Å². The number of hydrogen-bond donors (Lipinski definition) is 1. The van der Waals surface area contributed by atoms with Crippen LogP contribution in [0.2, 0.25) is 0 Å². The summed E-state index contributed by atoms with van der Waals surface area (Å²) < 4.78 is 5.46. The van der Waals surface area contributed by atoms with Crippen molar-refractivity contribution in [2.24, 2.45) is 0 Å². The maximum atomic E-state index is 5.46. The van der Waals surface area contributed by atoms with E-state index in [-0.39, 0.29) is 0 Å². The van der Waals surface area contributed by atoms with Crippen LogP contribution in [0.5, 0.6) is 0 Å². The molecule has 1 radical (unpaired) electrons. The fourth-order valence-electron chi connectivity index (χ4n) is 1.75. The smallest absolute Gasteiger partial charge is 0.132 e. The van der Waals surface area contributed by atoms with E-state index in [9.17, 15) is 0 Å². The Kier molecular flexibility index (Phi) is 3.42. The second-order valence-corrected chi connectivity index (χ2v) is 3.81. The van der Waals surface area contributed by atoms with Crippen molar-refractivity contribution in [2.75, 3.05) is 7.11 Å². The molecule has 2 heteroatoms. The molecule has 0 atom stereocenters. The number of rotatable bonds is 4. The van der Waals surface area contributed by atoms with Gasteiger partial charge < -0.3 is 9.72 Å². The summed E-state index contributed by atoms with van der Waals surface area (Å²) in [5.74, 6) is 0. The van der Waals surface area contributed by atoms with Crippen LogP contribution in [-0.4, -0.2) is 12.1 Å². The van der Waals surface area contributed by atoms with E-state index in [0.29, 0.717) is 0 Å². The zero-order valence-electron chi connectivity index (χ0n) is 9.66. The van der Waals surface area contributed by atoms with E-state index >= 15 is 0 Å². The lowest BCUT2D eigenvalue weighted by Gasteiger charge is -2.14. The van der Waals surface area contributed by atoms with E-state index < -0.39 is 0 Å². The second kappa shape index (κ2) is 4.99. The Bertz CT molecular complexity index is 433. The van der Waals surface area contributed by atoms with Gasteiger partial charge in [-0.3, -0.25) is 0 Å². The van der Waals surface area contributed by atoms with Gasteiger partial charge in [-0.1, -0.05) is 30.3 Å². The van der Waals surface area contributed by atoms with E-state index in [4.69, 9.17) is 4.74 Å². The summed E-state index contributed by atoms with van der Waals surface area (Å²) in [6.45, 7) is 2.10. The van der Waals surface area contributed by atoms with Gasteiger partial charge in [-0.15, -0.1) is 0 Å². The Labute approximate surface area is 96.3 Å². The van der Waals surface area contributed by atoms with Crippen LogP contribution in [0.1, 0.15) is 16.8 Å². The molecular weight excluding hydrogens is 198 g/mol. The van der Waals surface area contributed by atoms with Crippen molar-refractivity contribution >= 4 is 0 Å². The first-order valence-corrected chi connectivity index (χ1v) is 5.39. The highest BCUT2D eigenvalue weighted by molar-refractivity contribution is 5.31. The molecule has 1 N–H and O–H groups in total. The molecule has 0 saturated carbocycles. The Morgan fingerprint density at radius 2 is 1.94 bits per heavy atom. The zero-order valence-corrected chi connectivity index (χ0v) is 9.66. The molecule has 0 aliphatic heterocycles. The summed E-state index contributed by atoms with van der Waals surface area (Å²) in [6.07, 6.45) is 3.76. The maximum Gasteiger partial charge on any atom is 0.132 e. The Balaban J connectivity index is 2.16. The molecule has 2 rings (SSSR count). The first-order valence-electron chi connectivity index (χ1n) is 5.39. The lowest BCUT2D eigenvalue weighted by molar-refractivity contribution is 0.223. The van der Waals surface area contributed by atoms with Crippen LogP contribution in [0, 0.1) is 13.0 Å². The van der Waals surface area contributed by atoms with Gasteiger partial charge in [0.15, 0.2) is 0 Å². The van der Waals surface area contributed by atoms with E-state index in [1.165, 1.54) is 11.3 Å². The molecule has 0 unspecified atom stereocenters. The Morgan fingerprint density at radius 1 is 1.19 bits per heavy atom. The van der Waals surface area contributed by atoms with E-state index in [0.717, 1.165) is 18.1 Å². The van der Waals surface area contributed by atoms with Crippen molar-refractivity contribution in [3.05, 3.63) is 65.5 Å². The van der Waals surface area contributed by atoms with E-state index in [2.05, 4.69) is 30.1 Å². The normalized spacial score (nSPS) is 10.9. The second-order valence-electron chi connectivity index (χ2n) is 3.81. The molecule has 0 amide bonds. The monoisotopic (exact) mass is 214 g/mol. The van der Waals surface area contributed by atoms with Crippen LogP contribution in [0.15, 0.2) is 42.6 Å². The SMILES string of the molecule is CO[C](Cc1[nH]ccc1C)c1ccccc1. The minimum absolute atomic E-state index is 0.805. The quantitative estimate of drug-likeness (QED) is 0.831. The molecule has 0 spiro atoms. The van der Waals surface area contributed by atoms with Crippen molar-refractivity contribution in [1.29, 1.82) is 0 Å². The molecule has 2 nitrogen and oxygen atoms in total. The highest BCUT2D eigenvalue weighted by atomic mass is 16.5. The molecule has 16 heavy (non-hydrogen) atoms. The lowest BCUT2D eigenvalue weighted by atomic mass is 10.0. The van der Waals surface area contributed by atoms with Crippen molar-refractivity contribution in [3.8, 4) is 0 Å². The third-order valence-electron chi connectivity index (χ3n) is 2.75. The van der Waals surface area contributed by atoms with Gasteiger partial charge in [0.2, 0.25) is 0 Å². The van der Waals surface area contributed by atoms with Crippen molar-refractivity contribution in [3.63, 3.8) is 0 Å². The van der Waals surface area contributed by atoms with Crippen molar-refractivity contribution in [1.82, 2.24) is 4.98 Å². The molecule has 0 aliphatic rings. The number of methoxy groups -OCH3 is 1. The number of nitrogens with one attached hydrogen (secondary N) is 1. The van der Waals surface area contributed by atoms with Crippen LogP contribution in [0.25, 0.3) is 0 Å². The van der Waals surface area contributed by atoms with E-state index in [1.54, 1.807) is 7.11 Å². The number of H-pyrrole nitrogens is 1. The van der Waals surface area contributed by atoms with Crippen LogP contribution < -0.4 is 0 Å². The predicted octanol–water partition coefficient (Wildman–Crippen LogP) is 3.09. The maximum absolute atomic E-state index is 5.46. The molecule has 0 bridgehead atoms. The molecule has 1 aromatic heterocycles. The average Bonchev–Trinajstić information content (AvgIpc) is 2.73. The third kappa shape index (κ3) is 2.34. The zero-order chi connectivity index (χ0) is 11.4. The summed E-state index contributed by atoms with van der Waals surface area (Å²) in [5, 5.41) is 0. The molecule has 0 aliphatic carbocycles. The summed E-state index contributed by atoms with van der Waals surface area (Å²) in [4.78, 5) is 3.24. The van der Waals surface area contributed by atoms with Crippen LogP contribution in [0.3, 0.4) is 0 Å². The number of hydrogen-bond acceptors (Lipinski definition) is 1. The number of benzene rings is 1. The van der Waals surface area contributed by atoms with Crippen molar-refractivity contribution in [2.45, 2.75) is 13.3 Å². The highest BCUT2D eigenvalue weighted by Crippen LogP contribution is 2.21. The predicted molar refractivity (Wildman–Crippen MR) is 65.0 cm³/mol. The van der Waals surface area contributed by atoms with Crippen LogP contribution in [0.4, 0.5) is 0 Å². The number of aromatic amines is 1. The van der Waals surface area contributed by atoms with Gasteiger partial charge in [-0.25, -0.2) is 0 Å². The average molecular weight is 214 g/mol. The first-order chi connectivity index (χ1) is 7.81. The molecule has 1 aromatic carbocycles. The summed E-state index contributed by atoms with van der Waals surface area (Å²) >= 11 is 0. The number of aryl methyl sites for hydroxylation is 1. The minimum atomic E-state index is 0.805. The Morgan fingerprint density at radius 3 is 2.50 bits per heavy atom. The summed E-state index contributed by atoms with van der Waals surface area (Å²) in [5.41, 5.74) is 3.62. The molecule has 0 fully saturated rings. The number of ether oxygens (including phenoxy) is 1. The largest absolute Gasteiger partial charge is 0.370 e. The van der Waals surface area contributed by atoms with Crippen LogP contribution in [-0.2, 0) is 11.2 Å². The fourth-order valence-corrected chi connectivity index (χ4v) is 1.75. The highest BCUT2D eigenvalue weighted by Gasteiger charge is 2.14. The molecule has 2 aromatic rings. The molecule has 83 valence electrons. The van der Waals surface area contributed by atoms with Gasteiger partial charge in [-0.05, 0) is 24.1 Å². The van der Waals surface area contributed by atoms with Gasteiger partial charge >= 0.3 is 0 Å². The lowest BCUT2D eigenvalue weighted by Crippen LogP contribution is -2.07. The molecule has 0 saturated heterocycles. The van der Waals surface area contributed by atoms with Crippen molar-refractivity contribution < 1.29 is 4.74 Å². The number of aromatic nitrogens is 1.